The van der Waals surface area contributed by atoms with Gasteiger partial charge in [-0.15, -0.1) is 0 Å². The molecule has 1 saturated heterocycles. The minimum absolute atomic E-state index is 0.142. The zero-order valence-electron chi connectivity index (χ0n) is 30.0. The fourth-order valence-electron chi connectivity index (χ4n) is 12.3. The third-order valence-corrected chi connectivity index (χ3v) is 16.3. The lowest BCUT2D eigenvalue weighted by atomic mass is 9.55. The molecule has 9 nitrogen and oxygen atoms in total. The van der Waals surface area contributed by atoms with Crippen LogP contribution in [0, 0.1) is 54.3 Å². The first kappa shape index (κ1) is 33.4. The highest BCUT2D eigenvalue weighted by atomic mass is 32.2. The van der Waals surface area contributed by atoms with Crippen molar-refractivity contribution < 1.29 is 32.2 Å². The van der Waals surface area contributed by atoms with Gasteiger partial charge in [-0.25, -0.2) is 18.0 Å². The molecule has 0 spiro atoms. The number of ether oxygens (including phenoxy) is 3. The number of esters is 2. The molecule has 1 N–H and O–H groups in total. The number of fused-ring (bicyclic) bond motifs is 1. The summed E-state index contributed by atoms with van der Waals surface area (Å²) in [5.41, 5.74) is 0.958. The van der Waals surface area contributed by atoms with Gasteiger partial charge in [0.05, 0.1) is 4.90 Å². The van der Waals surface area contributed by atoms with Gasteiger partial charge in [0.15, 0.2) is 0 Å². The van der Waals surface area contributed by atoms with Gasteiger partial charge in [0.2, 0.25) is 10.0 Å². The number of H-pyrrole nitrogens is 1. The minimum atomic E-state index is -4.02. The zero-order chi connectivity index (χ0) is 35.4. The highest BCUT2D eigenvalue weighted by Crippen LogP contribution is 2.57. The number of para-hydroxylation sites is 1. The molecule has 0 radical (unpaired) electrons. The summed E-state index contributed by atoms with van der Waals surface area (Å²) in [6.07, 6.45) is 12.0. The summed E-state index contributed by atoms with van der Waals surface area (Å²) in [7, 11) is -4.02. The van der Waals surface area contributed by atoms with E-state index in [-0.39, 0.29) is 30.2 Å². The molecule has 9 aliphatic rings. The number of aryl methyl sites for hydroxylation is 1. The van der Waals surface area contributed by atoms with Gasteiger partial charge in [-0.3, -0.25) is 0 Å². The van der Waals surface area contributed by atoms with Crippen LogP contribution in [0.25, 0.3) is 10.9 Å². The third kappa shape index (κ3) is 5.56. The van der Waals surface area contributed by atoms with Crippen LogP contribution >= 0.6 is 0 Å². The van der Waals surface area contributed by atoms with Gasteiger partial charge in [0.1, 0.15) is 18.3 Å². The van der Waals surface area contributed by atoms with Gasteiger partial charge in [-0.05, 0) is 149 Å². The maximum Gasteiger partial charge on any atom is 0.353 e. The van der Waals surface area contributed by atoms with Gasteiger partial charge < -0.3 is 19.2 Å². The molecule has 2 aromatic carbocycles. The molecule has 8 aliphatic carbocycles. The Bertz CT molecular complexity index is 1880. The fourth-order valence-corrected chi connectivity index (χ4v) is 13.7. The van der Waals surface area contributed by atoms with Crippen molar-refractivity contribution in [3.63, 3.8) is 0 Å². The van der Waals surface area contributed by atoms with E-state index in [9.17, 15) is 18.0 Å². The Labute approximate surface area is 306 Å². The van der Waals surface area contributed by atoms with Crippen molar-refractivity contribution in [2.75, 3.05) is 13.1 Å². The van der Waals surface area contributed by atoms with E-state index in [1.54, 1.807) is 24.3 Å². The maximum atomic E-state index is 14.5. The van der Waals surface area contributed by atoms with Crippen molar-refractivity contribution in [1.82, 2.24) is 9.29 Å². The second-order valence-electron chi connectivity index (χ2n) is 17.7. The largest absolute Gasteiger partial charge is 0.459 e. The summed E-state index contributed by atoms with van der Waals surface area (Å²) < 4.78 is 49.2. The van der Waals surface area contributed by atoms with Gasteiger partial charge >= 0.3 is 11.9 Å². The highest BCUT2D eigenvalue weighted by molar-refractivity contribution is 7.89. The molecule has 9 fully saturated rings. The standard InChI is InChI=1S/C42H50N2O7S/c1-24-6-8-34(9-7-24)52(47,48)44(11-10-29-22-43-36-5-3-2-4-35(29)36)23-37-42(51-37,40(45)49-38-30-14-25-12-26(16-30)17-31(38)15-25)41(46)50-39-32-18-27-13-28(20-32)21-33(39)19-27/h2-9,22,25-28,30-33,37-39,43H,10-21,23H2,1H3. The van der Waals surface area contributed by atoms with Crippen molar-refractivity contribution in [2.45, 2.75) is 106 Å². The molecule has 8 saturated carbocycles. The minimum Gasteiger partial charge on any atom is -0.459 e. The monoisotopic (exact) mass is 726 g/mol. The lowest BCUT2D eigenvalue weighted by Gasteiger charge is -2.54. The van der Waals surface area contributed by atoms with Crippen molar-refractivity contribution in [1.29, 1.82) is 0 Å². The second kappa shape index (κ2) is 12.4. The average Bonchev–Trinajstić information content (AvgIpc) is 3.71. The summed E-state index contributed by atoms with van der Waals surface area (Å²) >= 11 is 0. The van der Waals surface area contributed by atoms with E-state index < -0.39 is 33.7 Å². The number of aromatic nitrogens is 1. The van der Waals surface area contributed by atoms with E-state index in [4.69, 9.17) is 14.2 Å². The van der Waals surface area contributed by atoms with Gasteiger partial charge in [0.25, 0.3) is 5.60 Å². The van der Waals surface area contributed by atoms with E-state index >= 15 is 0 Å². The molecule has 10 heteroatoms. The second-order valence-corrected chi connectivity index (χ2v) is 19.7. The number of hydrogen-bond acceptors (Lipinski definition) is 7. The predicted octanol–water partition coefficient (Wildman–Crippen LogP) is 6.58. The highest BCUT2D eigenvalue weighted by Gasteiger charge is 2.73. The maximum absolute atomic E-state index is 14.5. The Morgan fingerprint density at radius 3 is 1.83 bits per heavy atom. The topological polar surface area (TPSA) is 118 Å². The first-order valence-electron chi connectivity index (χ1n) is 19.9. The van der Waals surface area contributed by atoms with Gasteiger partial charge in [-0.1, -0.05) is 35.9 Å². The van der Waals surface area contributed by atoms with Crippen molar-refractivity contribution in [3.8, 4) is 0 Å². The lowest BCUT2D eigenvalue weighted by molar-refractivity contribution is -0.191. The summed E-state index contributed by atoms with van der Waals surface area (Å²) in [5.74, 6) is 2.68. The zero-order valence-corrected chi connectivity index (χ0v) is 30.8. The molecule has 1 aromatic heterocycles. The summed E-state index contributed by atoms with van der Waals surface area (Å²) in [4.78, 5) is 32.5. The van der Waals surface area contributed by atoms with Crippen molar-refractivity contribution in [2.24, 2.45) is 47.3 Å². The molecule has 52 heavy (non-hydrogen) atoms. The van der Waals surface area contributed by atoms with Crippen LogP contribution in [-0.4, -0.2) is 66.6 Å². The molecule has 276 valence electrons. The van der Waals surface area contributed by atoms with Crippen LogP contribution in [0.3, 0.4) is 0 Å². The average molecular weight is 727 g/mol. The lowest BCUT2D eigenvalue weighted by Crippen LogP contribution is -2.54. The SMILES string of the molecule is Cc1ccc(S(=O)(=O)N(CCc2c[nH]c3ccccc23)CC2OC2(C(=O)OC2C3CC4CC(C3)CC2C4)C(=O)OC2C3CC4CC(C3)CC2C4)cc1. The number of nitrogens with one attached hydrogen (secondary N) is 1. The Kier molecular flexibility index (Phi) is 7.97. The Balaban J connectivity index is 0.945. The number of carbonyl (C=O) groups is 2. The Hall–Kier alpha value is -3.21. The molecule has 3 aromatic rings. The number of rotatable bonds is 11. The molecule has 8 bridgehead atoms. The van der Waals surface area contributed by atoms with Gasteiger partial charge in [0, 0.05) is 30.2 Å². The molecule has 1 aliphatic heterocycles. The summed E-state index contributed by atoms with van der Waals surface area (Å²) in [6, 6.07) is 14.8. The molecule has 1 unspecified atom stereocenters. The van der Waals surface area contributed by atoms with Crippen LogP contribution in [0.2, 0.25) is 0 Å². The number of hydrogen-bond donors (Lipinski definition) is 1. The normalized spacial score (nSPS) is 38.2. The molecule has 2 heterocycles. The molecule has 1 atom stereocenters. The molecular formula is C42H50N2O7S. The fraction of sp³-hybridized carbons (Fsp3) is 0.619. The van der Waals surface area contributed by atoms with E-state index in [0.29, 0.717) is 53.8 Å². The number of sulfonamides is 1. The number of epoxide rings is 1. The first-order valence-corrected chi connectivity index (χ1v) is 21.3. The summed E-state index contributed by atoms with van der Waals surface area (Å²) in [5, 5.41) is 1.03. The number of carbonyl (C=O) groups excluding carboxylic acids is 2. The Morgan fingerprint density at radius 2 is 1.29 bits per heavy atom. The van der Waals surface area contributed by atoms with Crippen LogP contribution in [0.4, 0.5) is 0 Å². The molecular weight excluding hydrogens is 677 g/mol. The third-order valence-electron chi connectivity index (χ3n) is 14.4. The van der Waals surface area contributed by atoms with E-state index in [2.05, 4.69) is 4.98 Å². The quantitative estimate of drug-likeness (QED) is 0.135. The van der Waals surface area contributed by atoms with Crippen LogP contribution in [-0.2, 0) is 40.2 Å². The molecule has 12 rings (SSSR count). The van der Waals surface area contributed by atoms with Crippen molar-refractivity contribution in [3.05, 3.63) is 65.9 Å². The van der Waals surface area contributed by atoms with Gasteiger partial charge in [-0.2, -0.15) is 4.31 Å². The smallest absolute Gasteiger partial charge is 0.353 e. The predicted molar refractivity (Wildman–Crippen MR) is 193 cm³/mol. The van der Waals surface area contributed by atoms with Crippen LogP contribution in [0.5, 0.6) is 0 Å². The van der Waals surface area contributed by atoms with E-state index in [0.717, 1.165) is 73.4 Å². The van der Waals surface area contributed by atoms with Crippen LogP contribution in [0.15, 0.2) is 59.6 Å². The number of nitrogens with zero attached hydrogens (tertiary/aromatic N) is 1. The first-order chi connectivity index (χ1) is 25.1. The van der Waals surface area contributed by atoms with Crippen molar-refractivity contribution >= 4 is 32.9 Å². The molecule has 0 amide bonds. The van der Waals surface area contributed by atoms with Crippen LogP contribution in [0.1, 0.15) is 75.3 Å². The Morgan fingerprint density at radius 1 is 0.769 bits per heavy atom. The van der Waals surface area contributed by atoms with E-state index in [1.165, 1.54) is 17.1 Å². The number of aromatic amines is 1. The number of benzene rings is 2. The van der Waals surface area contributed by atoms with Crippen LogP contribution < -0.4 is 0 Å². The van der Waals surface area contributed by atoms with E-state index in [1.807, 2.05) is 37.4 Å². The summed E-state index contributed by atoms with van der Waals surface area (Å²) in [6.45, 7) is 1.90.